The second kappa shape index (κ2) is 3.99. The normalized spacial score (nSPS) is 12.4. The molecule has 2 aromatic carbocycles. The summed E-state index contributed by atoms with van der Waals surface area (Å²) in [5.74, 6) is 0. The largest absolute Gasteiger partial charge is 0.392 e. The summed E-state index contributed by atoms with van der Waals surface area (Å²) < 4.78 is 0. The van der Waals surface area contributed by atoms with Crippen LogP contribution < -0.4 is 0 Å². The smallest absolute Gasteiger partial charge is 0.0685 e. The number of hydrogen-bond donors (Lipinski definition) is 2. The maximum atomic E-state index is 9.32. The van der Waals surface area contributed by atoms with Crippen molar-refractivity contribution in [3.63, 3.8) is 0 Å². The summed E-state index contributed by atoms with van der Waals surface area (Å²) >= 11 is 0. The lowest BCUT2D eigenvalue weighted by Crippen LogP contribution is -1.96. The van der Waals surface area contributed by atoms with Crippen LogP contribution in [0.2, 0.25) is 0 Å². The van der Waals surface area contributed by atoms with Crippen LogP contribution in [0.1, 0.15) is 22.3 Å². The Hall–Kier alpha value is -1.64. The third-order valence-electron chi connectivity index (χ3n) is 3.45. The predicted octanol–water partition coefficient (Wildman–Crippen LogP) is 2.24. The highest BCUT2D eigenvalue weighted by atomic mass is 16.3. The lowest BCUT2D eigenvalue weighted by Gasteiger charge is -2.09. The topological polar surface area (TPSA) is 40.5 Å². The fourth-order valence-corrected chi connectivity index (χ4v) is 2.57. The molecule has 0 bridgehead atoms. The van der Waals surface area contributed by atoms with Gasteiger partial charge in [-0.15, -0.1) is 0 Å². The predicted molar refractivity (Wildman–Crippen MR) is 66.5 cm³/mol. The van der Waals surface area contributed by atoms with Gasteiger partial charge >= 0.3 is 0 Å². The first kappa shape index (κ1) is 10.5. The van der Waals surface area contributed by atoms with E-state index in [0.717, 1.165) is 17.5 Å². The molecule has 2 N–H and O–H groups in total. The van der Waals surface area contributed by atoms with Gasteiger partial charge < -0.3 is 10.2 Å². The molecule has 2 aromatic rings. The summed E-state index contributed by atoms with van der Waals surface area (Å²) in [4.78, 5) is 0. The minimum absolute atomic E-state index is 0.0144. The molecular weight excluding hydrogens is 212 g/mol. The molecular formula is C15H14O2. The highest BCUT2D eigenvalue weighted by Gasteiger charge is 2.19. The average Bonchev–Trinajstić information content (AvgIpc) is 2.74. The third kappa shape index (κ3) is 1.57. The molecule has 0 radical (unpaired) electrons. The molecule has 0 fully saturated rings. The fourth-order valence-electron chi connectivity index (χ4n) is 2.57. The molecule has 0 saturated heterocycles. The van der Waals surface area contributed by atoms with Crippen molar-refractivity contribution in [2.24, 2.45) is 0 Å². The van der Waals surface area contributed by atoms with Gasteiger partial charge in [-0.3, -0.25) is 0 Å². The summed E-state index contributed by atoms with van der Waals surface area (Å²) in [6, 6.07) is 12.3. The number of rotatable bonds is 2. The van der Waals surface area contributed by atoms with E-state index in [9.17, 15) is 10.2 Å². The van der Waals surface area contributed by atoms with E-state index in [2.05, 4.69) is 12.1 Å². The lowest BCUT2D eigenvalue weighted by atomic mass is 9.99. The Labute approximate surface area is 100 Å². The minimum atomic E-state index is -0.0225. The first-order valence-electron chi connectivity index (χ1n) is 5.78. The average molecular weight is 226 g/mol. The van der Waals surface area contributed by atoms with Crippen molar-refractivity contribution < 1.29 is 10.2 Å². The number of aliphatic hydroxyl groups is 2. The molecule has 0 amide bonds. The van der Waals surface area contributed by atoms with Crippen molar-refractivity contribution in [1.82, 2.24) is 0 Å². The standard InChI is InChI=1S/C15H14O2/c16-8-12-6-11-5-10-3-1-2-4-14(10)15(11)7-13(12)9-17/h1-4,6-7,16-17H,5,8-9H2. The van der Waals surface area contributed by atoms with Crippen LogP contribution in [0.25, 0.3) is 11.1 Å². The van der Waals surface area contributed by atoms with Gasteiger partial charge in [0.05, 0.1) is 13.2 Å². The van der Waals surface area contributed by atoms with Gasteiger partial charge in [-0.1, -0.05) is 30.3 Å². The molecule has 3 rings (SSSR count). The first-order chi connectivity index (χ1) is 8.33. The van der Waals surface area contributed by atoms with Gasteiger partial charge in [0, 0.05) is 0 Å². The third-order valence-corrected chi connectivity index (χ3v) is 3.45. The highest BCUT2D eigenvalue weighted by Crippen LogP contribution is 2.37. The molecule has 17 heavy (non-hydrogen) atoms. The van der Waals surface area contributed by atoms with Crippen molar-refractivity contribution in [2.45, 2.75) is 19.6 Å². The van der Waals surface area contributed by atoms with E-state index >= 15 is 0 Å². The number of hydrogen-bond acceptors (Lipinski definition) is 2. The van der Waals surface area contributed by atoms with Crippen molar-refractivity contribution in [1.29, 1.82) is 0 Å². The lowest BCUT2D eigenvalue weighted by molar-refractivity contribution is 0.260. The Bertz CT molecular complexity index is 573. The van der Waals surface area contributed by atoms with Crippen LogP contribution in [-0.4, -0.2) is 10.2 Å². The van der Waals surface area contributed by atoms with E-state index in [1.807, 2.05) is 24.3 Å². The zero-order chi connectivity index (χ0) is 11.8. The van der Waals surface area contributed by atoms with Crippen molar-refractivity contribution in [3.05, 3.63) is 58.7 Å². The molecule has 86 valence electrons. The molecule has 0 spiro atoms. The molecule has 0 unspecified atom stereocenters. The zero-order valence-electron chi connectivity index (χ0n) is 9.48. The van der Waals surface area contributed by atoms with Crippen LogP contribution in [0.15, 0.2) is 36.4 Å². The maximum absolute atomic E-state index is 9.32. The molecule has 2 nitrogen and oxygen atoms in total. The van der Waals surface area contributed by atoms with Crippen molar-refractivity contribution in [3.8, 4) is 11.1 Å². The number of fused-ring (bicyclic) bond motifs is 3. The van der Waals surface area contributed by atoms with Crippen LogP contribution in [0, 0.1) is 0 Å². The van der Waals surface area contributed by atoms with Crippen LogP contribution in [0.5, 0.6) is 0 Å². The van der Waals surface area contributed by atoms with Gasteiger partial charge in [-0.25, -0.2) is 0 Å². The van der Waals surface area contributed by atoms with E-state index in [1.165, 1.54) is 22.3 Å². The Morgan fingerprint density at radius 2 is 1.53 bits per heavy atom. The van der Waals surface area contributed by atoms with Gasteiger partial charge in [0.15, 0.2) is 0 Å². The van der Waals surface area contributed by atoms with Gasteiger partial charge in [-0.2, -0.15) is 0 Å². The van der Waals surface area contributed by atoms with Crippen LogP contribution >= 0.6 is 0 Å². The Kier molecular flexibility index (Phi) is 2.46. The Morgan fingerprint density at radius 3 is 2.29 bits per heavy atom. The molecule has 0 aliphatic heterocycles. The summed E-state index contributed by atoms with van der Waals surface area (Å²) in [7, 11) is 0. The quantitative estimate of drug-likeness (QED) is 0.703. The second-order valence-corrected chi connectivity index (χ2v) is 4.43. The molecule has 0 atom stereocenters. The molecule has 1 aliphatic carbocycles. The minimum Gasteiger partial charge on any atom is -0.392 e. The number of aliphatic hydroxyl groups excluding tert-OH is 2. The van der Waals surface area contributed by atoms with Gasteiger partial charge in [0.1, 0.15) is 0 Å². The van der Waals surface area contributed by atoms with Crippen LogP contribution in [0.4, 0.5) is 0 Å². The molecule has 0 heterocycles. The van der Waals surface area contributed by atoms with Gasteiger partial charge in [0.2, 0.25) is 0 Å². The van der Waals surface area contributed by atoms with Crippen LogP contribution in [0.3, 0.4) is 0 Å². The molecule has 0 saturated carbocycles. The van der Waals surface area contributed by atoms with Crippen molar-refractivity contribution in [2.75, 3.05) is 0 Å². The van der Waals surface area contributed by atoms with E-state index in [4.69, 9.17) is 0 Å². The van der Waals surface area contributed by atoms with Gasteiger partial charge in [-0.05, 0) is 45.9 Å². The zero-order valence-corrected chi connectivity index (χ0v) is 9.48. The monoisotopic (exact) mass is 226 g/mol. The highest BCUT2D eigenvalue weighted by molar-refractivity contribution is 5.77. The van der Waals surface area contributed by atoms with Crippen LogP contribution in [-0.2, 0) is 19.6 Å². The summed E-state index contributed by atoms with van der Waals surface area (Å²) in [5, 5.41) is 18.6. The summed E-state index contributed by atoms with van der Waals surface area (Å²) in [6.07, 6.45) is 0.921. The van der Waals surface area contributed by atoms with E-state index in [1.54, 1.807) is 0 Å². The SMILES string of the molecule is OCc1cc2c(cc1CO)-c1ccccc1C2. The molecule has 0 aromatic heterocycles. The summed E-state index contributed by atoms with van der Waals surface area (Å²) in [6.45, 7) is -0.0368. The molecule has 1 aliphatic rings. The Morgan fingerprint density at radius 1 is 0.824 bits per heavy atom. The van der Waals surface area contributed by atoms with E-state index in [0.29, 0.717) is 0 Å². The van der Waals surface area contributed by atoms with Crippen molar-refractivity contribution >= 4 is 0 Å². The first-order valence-corrected chi connectivity index (χ1v) is 5.78. The maximum Gasteiger partial charge on any atom is 0.0685 e. The van der Waals surface area contributed by atoms with E-state index < -0.39 is 0 Å². The molecule has 2 heteroatoms. The second-order valence-electron chi connectivity index (χ2n) is 4.43. The van der Waals surface area contributed by atoms with Gasteiger partial charge in [0.25, 0.3) is 0 Å². The Balaban J connectivity index is 2.20. The fraction of sp³-hybridized carbons (Fsp3) is 0.200. The van der Waals surface area contributed by atoms with E-state index in [-0.39, 0.29) is 13.2 Å². The number of benzene rings is 2. The summed E-state index contributed by atoms with van der Waals surface area (Å²) in [5.41, 5.74) is 6.67.